The number of nitrogens with two attached hydrogens (primary N) is 1. The van der Waals surface area contributed by atoms with Gasteiger partial charge < -0.3 is 5.73 Å². The molecule has 5 nitrogen and oxygen atoms in total. The molecule has 0 radical (unpaired) electrons. The van der Waals surface area contributed by atoms with Gasteiger partial charge in [0.05, 0.1) is 6.04 Å². The molecule has 1 aromatic carbocycles. The third-order valence-corrected chi connectivity index (χ3v) is 3.62. The van der Waals surface area contributed by atoms with Crippen molar-refractivity contribution in [3.05, 3.63) is 29.8 Å². The van der Waals surface area contributed by atoms with E-state index in [-0.39, 0.29) is 0 Å². The van der Waals surface area contributed by atoms with Crippen LogP contribution >= 0.6 is 11.8 Å². The molecule has 1 atom stereocenters. The average molecular weight is 281 g/mol. The number of benzene rings is 1. The van der Waals surface area contributed by atoms with Crippen molar-refractivity contribution in [2.45, 2.75) is 24.4 Å². The number of likely N-dealkylation sites (N-methyl/N-ethyl adjacent to an activating group) is 1. The molecule has 19 heavy (non-hydrogen) atoms. The van der Waals surface area contributed by atoms with Gasteiger partial charge in [-0.1, -0.05) is 12.1 Å². The Morgan fingerprint density at radius 1 is 1.37 bits per heavy atom. The largest absolute Gasteiger partial charge is 0.351 e. The zero-order chi connectivity index (χ0) is 14.4. The predicted octanol–water partition coefficient (Wildman–Crippen LogP) is 1.42. The summed E-state index contributed by atoms with van der Waals surface area (Å²) in [5, 5.41) is 2.08. The van der Waals surface area contributed by atoms with Crippen molar-refractivity contribution in [1.82, 2.24) is 10.2 Å². The number of amides is 3. The van der Waals surface area contributed by atoms with Crippen LogP contribution in [0, 0.1) is 0 Å². The maximum absolute atomic E-state index is 11.6. The van der Waals surface area contributed by atoms with Gasteiger partial charge in [-0.15, -0.1) is 11.8 Å². The first-order valence-corrected chi connectivity index (χ1v) is 7.10. The molecule has 0 saturated heterocycles. The standard InChI is InChI=1S/C13H19N3O2S/c1-9(12(17)15-13(14)18)16(2)8-10-4-6-11(19-3)7-5-10/h4-7,9H,8H2,1-3H3,(H3,14,15,17,18)/t9-/m0/s1. The molecule has 1 aromatic rings. The van der Waals surface area contributed by atoms with Crippen molar-refractivity contribution in [2.24, 2.45) is 5.73 Å². The third kappa shape index (κ3) is 4.92. The number of primary amides is 1. The zero-order valence-corrected chi connectivity index (χ0v) is 12.2. The lowest BCUT2D eigenvalue weighted by atomic mass is 10.2. The van der Waals surface area contributed by atoms with E-state index in [4.69, 9.17) is 5.73 Å². The van der Waals surface area contributed by atoms with Gasteiger partial charge in [0.2, 0.25) is 5.91 Å². The Kier molecular flexibility index (Phi) is 5.85. The number of hydrogen-bond acceptors (Lipinski definition) is 4. The highest BCUT2D eigenvalue weighted by Crippen LogP contribution is 2.16. The topological polar surface area (TPSA) is 75.4 Å². The van der Waals surface area contributed by atoms with Gasteiger partial charge in [0.1, 0.15) is 0 Å². The highest BCUT2D eigenvalue weighted by Gasteiger charge is 2.19. The molecule has 3 N–H and O–H groups in total. The number of urea groups is 1. The summed E-state index contributed by atoms with van der Waals surface area (Å²) in [6, 6.07) is 6.90. The van der Waals surface area contributed by atoms with Crippen LogP contribution in [0.4, 0.5) is 4.79 Å². The van der Waals surface area contributed by atoms with Crippen molar-refractivity contribution in [3.63, 3.8) is 0 Å². The molecule has 1 rings (SSSR count). The number of imide groups is 1. The lowest BCUT2D eigenvalue weighted by Crippen LogP contribution is -2.46. The molecule has 0 aliphatic heterocycles. The van der Waals surface area contributed by atoms with E-state index in [2.05, 4.69) is 5.32 Å². The zero-order valence-electron chi connectivity index (χ0n) is 11.3. The van der Waals surface area contributed by atoms with Gasteiger partial charge in [0.25, 0.3) is 0 Å². The van der Waals surface area contributed by atoms with Crippen molar-refractivity contribution in [2.75, 3.05) is 13.3 Å². The molecule has 0 aromatic heterocycles. The van der Waals surface area contributed by atoms with E-state index in [9.17, 15) is 9.59 Å². The minimum Gasteiger partial charge on any atom is -0.351 e. The van der Waals surface area contributed by atoms with Crippen molar-refractivity contribution < 1.29 is 9.59 Å². The van der Waals surface area contributed by atoms with Crippen LogP contribution in [0.3, 0.4) is 0 Å². The van der Waals surface area contributed by atoms with Crippen LogP contribution in [0.1, 0.15) is 12.5 Å². The lowest BCUT2D eigenvalue weighted by molar-refractivity contribution is -0.124. The first-order valence-electron chi connectivity index (χ1n) is 5.87. The van der Waals surface area contributed by atoms with Crippen LogP contribution in [0.15, 0.2) is 29.2 Å². The van der Waals surface area contributed by atoms with Crippen molar-refractivity contribution >= 4 is 23.7 Å². The molecule has 0 fully saturated rings. The Hall–Kier alpha value is -1.53. The summed E-state index contributed by atoms with van der Waals surface area (Å²) in [4.78, 5) is 25.3. The number of rotatable bonds is 5. The highest BCUT2D eigenvalue weighted by atomic mass is 32.2. The summed E-state index contributed by atoms with van der Waals surface area (Å²) in [6.45, 7) is 2.36. The molecular weight excluding hydrogens is 262 g/mol. The number of nitrogens with zero attached hydrogens (tertiary/aromatic N) is 1. The van der Waals surface area contributed by atoms with Crippen LogP contribution in [0.25, 0.3) is 0 Å². The molecule has 3 amide bonds. The Bertz CT molecular complexity index is 448. The summed E-state index contributed by atoms with van der Waals surface area (Å²) in [5.41, 5.74) is 6.03. The second-order valence-corrected chi connectivity index (χ2v) is 5.17. The summed E-state index contributed by atoms with van der Waals surface area (Å²) in [7, 11) is 1.83. The lowest BCUT2D eigenvalue weighted by Gasteiger charge is -2.23. The van der Waals surface area contributed by atoms with Crippen LogP contribution in [-0.4, -0.2) is 36.2 Å². The van der Waals surface area contributed by atoms with Crippen LogP contribution in [0.2, 0.25) is 0 Å². The molecule has 0 aliphatic carbocycles. The summed E-state index contributed by atoms with van der Waals surface area (Å²) in [5.74, 6) is -0.393. The summed E-state index contributed by atoms with van der Waals surface area (Å²) in [6.07, 6.45) is 2.03. The molecular formula is C13H19N3O2S. The van der Waals surface area contributed by atoms with Gasteiger partial charge >= 0.3 is 6.03 Å². The summed E-state index contributed by atoms with van der Waals surface area (Å²) >= 11 is 1.69. The van der Waals surface area contributed by atoms with E-state index in [1.165, 1.54) is 4.90 Å². The molecule has 6 heteroatoms. The molecule has 0 saturated carbocycles. The Balaban J connectivity index is 2.59. The fourth-order valence-electron chi connectivity index (χ4n) is 1.58. The van der Waals surface area contributed by atoms with E-state index >= 15 is 0 Å². The van der Waals surface area contributed by atoms with Gasteiger partial charge in [-0.05, 0) is 37.9 Å². The average Bonchev–Trinajstić information content (AvgIpc) is 2.37. The normalized spacial score (nSPS) is 12.2. The molecule has 0 heterocycles. The molecule has 0 aliphatic rings. The monoisotopic (exact) mass is 281 g/mol. The fourth-order valence-corrected chi connectivity index (χ4v) is 1.99. The van der Waals surface area contributed by atoms with Gasteiger partial charge in [-0.2, -0.15) is 0 Å². The van der Waals surface area contributed by atoms with Gasteiger partial charge in [0, 0.05) is 11.4 Å². The minimum atomic E-state index is -0.824. The molecule has 0 bridgehead atoms. The highest BCUT2D eigenvalue weighted by molar-refractivity contribution is 7.98. The second-order valence-electron chi connectivity index (χ2n) is 4.29. The van der Waals surface area contributed by atoms with E-state index in [0.717, 1.165) is 5.56 Å². The predicted molar refractivity (Wildman–Crippen MR) is 76.9 cm³/mol. The number of carbonyl (C=O) groups excluding carboxylic acids is 2. The first-order chi connectivity index (χ1) is 8.93. The fraction of sp³-hybridized carbons (Fsp3) is 0.385. The van der Waals surface area contributed by atoms with Crippen LogP contribution in [0.5, 0.6) is 0 Å². The van der Waals surface area contributed by atoms with Gasteiger partial charge in [-0.3, -0.25) is 15.0 Å². The maximum Gasteiger partial charge on any atom is 0.318 e. The number of thioether (sulfide) groups is 1. The number of carbonyl (C=O) groups is 2. The molecule has 0 spiro atoms. The van der Waals surface area contributed by atoms with Crippen LogP contribution in [-0.2, 0) is 11.3 Å². The Morgan fingerprint density at radius 3 is 2.42 bits per heavy atom. The van der Waals surface area contributed by atoms with E-state index < -0.39 is 18.0 Å². The minimum absolute atomic E-state index is 0.393. The van der Waals surface area contributed by atoms with Crippen LogP contribution < -0.4 is 11.1 Å². The second kappa shape index (κ2) is 7.16. The van der Waals surface area contributed by atoms with Gasteiger partial charge in [-0.25, -0.2) is 4.79 Å². The van der Waals surface area contributed by atoms with E-state index in [0.29, 0.717) is 6.54 Å². The first kappa shape index (κ1) is 15.5. The number of hydrogen-bond donors (Lipinski definition) is 2. The molecule has 104 valence electrons. The molecule has 0 unspecified atom stereocenters. The maximum atomic E-state index is 11.6. The smallest absolute Gasteiger partial charge is 0.318 e. The summed E-state index contributed by atoms with van der Waals surface area (Å²) < 4.78 is 0. The third-order valence-electron chi connectivity index (χ3n) is 2.88. The Labute approximate surface area is 117 Å². The SMILES string of the molecule is CSc1ccc(CN(C)[C@@H](C)C(=O)NC(N)=O)cc1. The number of nitrogens with one attached hydrogen (secondary N) is 1. The van der Waals surface area contributed by atoms with E-state index in [1.54, 1.807) is 18.7 Å². The van der Waals surface area contributed by atoms with Gasteiger partial charge in [0.15, 0.2) is 0 Å². The Morgan fingerprint density at radius 2 is 1.95 bits per heavy atom. The van der Waals surface area contributed by atoms with Crippen molar-refractivity contribution in [3.8, 4) is 0 Å². The van der Waals surface area contributed by atoms with Crippen molar-refractivity contribution in [1.29, 1.82) is 0 Å². The quantitative estimate of drug-likeness (QED) is 0.800. The van der Waals surface area contributed by atoms with E-state index in [1.807, 2.05) is 42.5 Å².